The lowest BCUT2D eigenvalue weighted by atomic mass is 10.3. The van der Waals surface area contributed by atoms with Crippen molar-refractivity contribution < 1.29 is 0 Å². The van der Waals surface area contributed by atoms with Crippen molar-refractivity contribution in [3.05, 3.63) is 30.3 Å². The summed E-state index contributed by atoms with van der Waals surface area (Å²) in [6, 6.07) is 10.3. The van der Waals surface area contributed by atoms with Crippen molar-refractivity contribution in [3.8, 4) is 0 Å². The molecule has 1 unspecified atom stereocenters. The highest BCUT2D eigenvalue weighted by atomic mass is 35.5. The Kier molecular flexibility index (Phi) is 7.25. The van der Waals surface area contributed by atoms with E-state index in [0.29, 0.717) is 6.17 Å². The van der Waals surface area contributed by atoms with Crippen molar-refractivity contribution in [3.63, 3.8) is 0 Å². The van der Waals surface area contributed by atoms with Gasteiger partial charge in [0.05, 0.1) is 6.17 Å². The predicted molar refractivity (Wildman–Crippen MR) is 65.1 cm³/mol. The van der Waals surface area contributed by atoms with Crippen molar-refractivity contribution in [2.24, 2.45) is 0 Å². The second-order valence-electron chi connectivity index (χ2n) is 3.03. The van der Waals surface area contributed by atoms with E-state index in [2.05, 4.69) is 36.6 Å². The van der Waals surface area contributed by atoms with Crippen LogP contribution in [0.25, 0.3) is 0 Å². The van der Waals surface area contributed by atoms with E-state index in [1.807, 2.05) is 18.2 Å². The van der Waals surface area contributed by atoms with E-state index in [-0.39, 0.29) is 12.4 Å². The molecule has 0 saturated carbocycles. The van der Waals surface area contributed by atoms with E-state index in [9.17, 15) is 0 Å². The van der Waals surface area contributed by atoms with Crippen LogP contribution < -0.4 is 10.6 Å². The van der Waals surface area contributed by atoms with Gasteiger partial charge in [0, 0.05) is 5.69 Å². The maximum Gasteiger partial charge on any atom is 0.0765 e. The first-order valence-electron chi connectivity index (χ1n) is 4.91. The highest BCUT2D eigenvalue weighted by molar-refractivity contribution is 5.85. The van der Waals surface area contributed by atoms with E-state index in [4.69, 9.17) is 0 Å². The predicted octanol–water partition coefficient (Wildman–Crippen LogP) is 2.87. The Balaban J connectivity index is 0.00000169. The topological polar surface area (TPSA) is 24.1 Å². The molecule has 2 nitrogen and oxygen atoms in total. The standard InChI is InChI=1S/C11H18N2.ClH/c1-3-11(12-4-2)13-10-8-6-5-7-9-10;/h5-9,11-13H,3-4H2,1-2H3;1H. The molecule has 0 saturated heterocycles. The van der Waals surface area contributed by atoms with Crippen molar-refractivity contribution >= 4 is 18.1 Å². The Labute approximate surface area is 92.5 Å². The highest BCUT2D eigenvalue weighted by Gasteiger charge is 2.01. The molecule has 80 valence electrons. The zero-order valence-corrected chi connectivity index (χ0v) is 9.60. The van der Waals surface area contributed by atoms with E-state index in [1.165, 1.54) is 5.69 Å². The van der Waals surface area contributed by atoms with Crippen molar-refractivity contribution in [2.75, 3.05) is 11.9 Å². The van der Waals surface area contributed by atoms with Crippen LogP contribution in [0.4, 0.5) is 5.69 Å². The third-order valence-corrected chi connectivity index (χ3v) is 1.97. The molecule has 0 aliphatic carbocycles. The van der Waals surface area contributed by atoms with Gasteiger partial charge in [0.1, 0.15) is 0 Å². The van der Waals surface area contributed by atoms with Gasteiger partial charge in [0.25, 0.3) is 0 Å². The van der Waals surface area contributed by atoms with Gasteiger partial charge in [-0.2, -0.15) is 0 Å². The number of hydrogen-bond donors (Lipinski definition) is 2. The molecule has 0 bridgehead atoms. The molecule has 1 aromatic rings. The minimum Gasteiger partial charge on any atom is -0.370 e. The lowest BCUT2D eigenvalue weighted by Crippen LogP contribution is -2.35. The minimum atomic E-state index is 0. The lowest BCUT2D eigenvalue weighted by Gasteiger charge is -2.18. The molecule has 1 aromatic carbocycles. The van der Waals surface area contributed by atoms with Gasteiger partial charge in [-0.25, -0.2) is 0 Å². The fourth-order valence-corrected chi connectivity index (χ4v) is 1.28. The summed E-state index contributed by atoms with van der Waals surface area (Å²) in [5.74, 6) is 0. The van der Waals surface area contributed by atoms with E-state index >= 15 is 0 Å². The van der Waals surface area contributed by atoms with Crippen LogP contribution in [0.2, 0.25) is 0 Å². The van der Waals surface area contributed by atoms with Crippen LogP contribution in [0.3, 0.4) is 0 Å². The molecule has 0 aliphatic rings. The van der Waals surface area contributed by atoms with E-state index < -0.39 is 0 Å². The molecule has 0 amide bonds. The number of halogens is 1. The average Bonchev–Trinajstić information content (AvgIpc) is 2.19. The second-order valence-corrected chi connectivity index (χ2v) is 3.03. The summed E-state index contributed by atoms with van der Waals surface area (Å²) in [6.45, 7) is 5.29. The van der Waals surface area contributed by atoms with Gasteiger partial charge in [-0.3, -0.25) is 5.32 Å². The van der Waals surface area contributed by atoms with Crippen LogP contribution >= 0.6 is 12.4 Å². The van der Waals surface area contributed by atoms with Crippen LogP contribution in [0.5, 0.6) is 0 Å². The average molecular weight is 215 g/mol. The summed E-state index contributed by atoms with van der Waals surface area (Å²) in [7, 11) is 0. The Hall–Kier alpha value is -0.730. The number of rotatable bonds is 5. The van der Waals surface area contributed by atoms with Gasteiger partial charge in [0.15, 0.2) is 0 Å². The summed E-state index contributed by atoms with van der Waals surface area (Å²) in [5.41, 5.74) is 1.18. The molecule has 0 radical (unpaired) electrons. The van der Waals surface area contributed by atoms with Gasteiger partial charge in [-0.15, -0.1) is 12.4 Å². The van der Waals surface area contributed by atoms with Gasteiger partial charge >= 0.3 is 0 Å². The number of benzene rings is 1. The van der Waals surface area contributed by atoms with Crippen LogP contribution in [0, 0.1) is 0 Å². The Morgan fingerprint density at radius 1 is 1.14 bits per heavy atom. The first-order chi connectivity index (χ1) is 6.36. The van der Waals surface area contributed by atoms with Gasteiger partial charge in [-0.05, 0) is 25.1 Å². The maximum absolute atomic E-state index is 3.42. The number of anilines is 1. The Morgan fingerprint density at radius 2 is 1.79 bits per heavy atom. The summed E-state index contributed by atoms with van der Waals surface area (Å²) in [6.07, 6.45) is 1.47. The van der Waals surface area contributed by atoms with Crippen LogP contribution in [0.15, 0.2) is 30.3 Å². The maximum atomic E-state index is 3.42. The molecule has 2 N–H and O–H groups in total. The monoisotopic (exact) mass is 214 g/mol. The molecular weight excluding hydrogens is 196 g/mol. The van der Waals surface area contributed by atoms with Crippen LogP contribution in [-0.2, 0) is 0 Å². The Morgan fingerprint density at radius 3 is 2.29 bits per heavy atom. The van der Waals surface area contributed by atoms with Crippen LogP contribution in [-0.4, -0.2) is 12.7 Å². The fraction of sp³-hybridized carbons (Fsp3) is 0.455. The van der Waals surface area contributed by atoms with Gasteiger partial charge in [0.2, 0.25) is 0 Å². The molecule has 0 aromatic heterocycles. The highest BCUT2D eigenvalue weighted by Crippen LogP contribution is 2.06. The van der Waals surface area contributed by atoms with Gasteiger partial charge < -0.3 is 5.32 Å². The lowest BCUT2D eigenvalue weighted by molar-refractivity contribution is 0.565. The fourth-order valence-electron chi connectivity index (χ4n) is 1.28. The normalized spacial score (nSPS) is 11.6. The van der Waals surface area contributed by atoms with Crippen molar-refractivity contribution in [2.45, 2.75) is 26.4 Å². The zero-order chi connectivity index (χ0) is 9.52. The summed E-state index contributed by atoms with van der Waals surface area (Å²) in [4.78, 5) is 0. The summed E-state index contributed by atoms with van der Waals surface area (Å²) >= 11 is 0. The first kappa shape index (κ1) is 13.3. The number of nitrogens with one attached hydrogen (secondary N) is 2. The third-order valence-electron chi connectivity index (χ3n) is 1.97. The molecule has 0 fully saturated rings. The number of hydrogen-bond acceptors (Lipinski definition) is 2. The number of para-hydroxylation sites is 1. The molecule has 1 atom stereocenters. The second kappa shape index (κ2) is 7.65. The quantitative estimate of drug-likeness (QED) is 0.737. The largest absolute Gasteiger partial charge is 0.370 e. The molecule has 0 heterocycles. The molecule has 1 rings (SSSR count). The third kappa shape index (κ3) is 4.49. The zero-order valence-electron chi connectivity index (χ0n) is 8.79. The summed E-state index contributed by atoms with van der Waals surface area (Å²) < 4.78 is 0. The summed E-state index contributed by atoms with van der Waals surface area (Å²) in [5, 5.41) is 6.79. The van der Waals surface area contributed by atoms with Crippen molar-refractivity contribution in [1.82, 2.24) is 5.32 Å². The first-order valence-corrected chi connectivity index (χ1v) is 4.91. The van der Waals surface area contributed by atoms with E-state index in [0.717, 1.165) is 13.0 Å². The molecule has 0 spiro atoms. The Bertz CT molecular complexity index is 226. The van der Waals surface area contributed by atoms with Gasteiger partial charge in [-0.1, -0.05) is 32.0 Å². The SMILES string of the molecule is CCNC(CC)Nc1ccccc1.Cl. The van der Waals surface area contributed by atoms with Crippen molar-refractivity contribution in [1.29, 1.82) is 0 Å². The van der Waals surface area contributed by atoms with E-state index in [1.54, 1.807) is 0 Å². The smallest absolute Gasteiger partial charge is 0.0765 e. The molecular formula is C11H19ClN2. The molecule has 14 heavy (non-hydrogen) atoms. The molecule has 0 aliphatic heterocycles. The van der Waals surface area contributed by atoms with Crippen LogP contribution in [0.1, 0.15) is 20.3 Å². The minimum absolute atomic E-state index is 0. The molecule has 3 heteroatoms.